The molecule has 33 heavy (non-hydrogen) atoms. The molecule has 7 nitrogen and oxygen atoms in total. The van der Waals surface area contributed by atoms with E-state index in [4.69, 9.17) is 4.74 Å². The summed E-state index contributed by atoms with van der Waals surface area (Å²) in [5, 5.41) is 12.2. The SMILES string of the molecule is O=C(NC(CC1CC1)C(=O)N1CSCC1C(=O)O)OCC1c2ccccc2-c2ccccc21. The Hall–Kier alpha value is -3.00. The van der Waals surface area contributed by atoms with Crippen LogP contribution in [0.15, 0.2) is 48.5 Å². The average Bonchev–Trinajstić information content (AvgIpc) is 3.39. The monoisotopic (exact) mass is 466 g/mol. The van der Waals surface area contributed by atoms with Crippen molar-refractivity contribution >= 4 is 29.7 Å². The molecule has 1 saturated carbocycles. The van der Waals surface area contributed by atoms with Crippen LogP contribution < -0.4 is 5.32 Å². The fraction of sp³-hybridized carbons (Fsp3) is 0.400. The number of carboxylic acid groups (broad SMARTS) is 1. The Kier molecular flexibility index (Phi) is 6.01. The van der Waals surface area contributed by atoms with Crippen LogP contribution in [0.25, 0.3) is 11.1 Å². The number of amides is 2. The standard InChI is InChI=1S/C25H26N2O5S/c28-23(27-14-33-13-22(27)24(29)30)21(11-15-9-10-15)26-25(31)32-12-20-18-7-3-1-5-16(18)17-6-2-4-8-19(17)20/h1-8,15,20-22H,9-14H2,(H,26,31)(H,29,30). The van der Waals surface area contributed by atoms with Gasteiger partial charge in [0, 0.05) is 11.7 Å². The van der Waals surface area contributed by atoms with Crippen LogP contribution in [0.2, 0.25) is 0 Å². The van der Waals surface area contributed by atoms with Gasteiger partial charge in [0.05, 0.1) is 5.88 Å². The van der Waals surface area contributed by atoms with Gasteiger partial charge < -0.3 is 20.1 Å². The van der Waals surface area contributed by atoms with Crippen molar-refractivity contribution in [2.75, 3.05) is 18.2 Å². The van der Waals surface area contributed by atoms with E-state index in [1.165, 1.54) is 16.7 Å². The maximum atomic E-state index is 13.1. The van der Waals surface area contributed by atoms with Crippen LogP contribution in [0.5, 0.6) is 0 Å². The van der Waals surface area contributed by atoms with Gasteiger partial charge in [0.2, 0.25) is 5.91 Å². The molecule has 2 aromatic rings. The Bertz CT molecular complexity index is 1040. The van der Waals surface area contributed by atoms with Crippen LogP contribution in [0, 0.1) is 5.92 Å². The first kappa shape index (κ1) is 21.8. The highest BCUT2D eigenvalue weighted by molar-refractivity contribution is 7.99. The zero-order valence-corrected chi connectivity index (χ0v) is 18.9. The fourth-order valence-corrected chi connectivity index (χ4v) is 5.91. The average molecular weight is 467 g/mol. The predicted molar refractivity (Wildman–Crippen MR) is 125 cm³/mol. The van der Waals surface area contributed by atoms with Crippen LogP contribution in [-0.4, -0.2) is 58.3 Å². The molecule has 2 atom stereocenters. The first-order valence-corrected chi connectivity index (χ1v) is 12.4. The molecule has 1 saturated heterocycles. The van der Waals surface area contributed by atoms with Gasteiger partial charge in [0.15, 0.2) is 0 Å². The third kappa shape index (κ3) is 4.44. The van der Waals surface area contributed by atoms with Crippen molar-refractivity contribution in [1.29, 1.82) is 0 Å². The third-order valence-electron chi connectivity index (χ3n) is 6.65. The lowest BCUT2D eigenvalue weighted by atomic mass is 9.98. The number of alkyl carbamates (subject to hydrolysis) is 1. The number of carbonyl (C=O) groups excluding carboxylic acids is 2. The van der Waals surface area contributed by atoms with E-state index in [1.54, 1.807) is 0 Å². The van der Waals surface area contributed by atoms with Crippen molar-refractivity contribution in [3.63, 3.8) is 0 Å². The molecule has 2 amide bonds. The van der Waals surface area contributed by atoms with Gasteiger partial charge in [-0.15, -0.1) is 11.8 Å². The lowest BCUT2D eigenvalue weighted by molar-refractivity contribution is -0.148. The van der Waals surface area contributed by atoms with Crippen LogP contribution in [-0.2, 0) is 14.3 Å². The Morgan fingerprint density at radius 1 is 1.06 bits per heavy atom. The number of hydrogen-bond acceptors (Lipinski definition) is 5. The Morgan fingerprint density at radius 2 is 1.70 bits per heavy atom. The molecule has 0 bridgehead atoms. The molecule has 0 aromatic heterocycles. The molecule has 0 radical (unpaired) electrons. The van der Waals surface area contributed by atoms with Gasteiger partial charge in [0.25, 0.3) is 0 Å². The first-order valence-electron chi connectivity index (χ1n) is 11.3. The minimum absolute atomic E-state index is 0.0629. The molecule has 2 N–H and O–H groups in total. The Labute approximate surface area is 196 Å². The van der Waals surface area contributed by atoms with E-state index in [0.29, 0.717) is 24.0 Å². The van der Waals surface area contributed by atoms with Crippen molar-refractivity contribution in [3.05, 3.63) is 59.7 Å². The predicted octanol–water partition coefficient (Wildman–Crippen LogP) is 3.68. The van der Waals surface area contributed by atoms with Crippen molar-refractivity contribution < 1.29 is 24.2 Å². The van der Waals surface area contributed by atoms with E-state index < -0.39 is 24.1 Å². The normalized spacial score (nSPS) is 20.1. The smallest absolute Gasteiger partial charge is 0.407 e. The summed E-state index contributed by atoms with van der Waals surface area (Å²) >= 11 is 1.41. The summed E-state index contributed by atoms with van der Waals surface area (Å²) in [7, 11) is 0. The molecule has 1 heterocycles. The van der Waals surface area contributed by atoms with Crippen LogP contribution >= 0.6 is 11.8 Å². The molecule has 3 aliphatic rings. The van der Waals surface area contributed by atoms with E-state index in [1.807, 2.05) is 24.3 Å². The molecular weight excluding hydrogens is 440 g/mol. The summed E-state index contributed by atoms with van der Waals surface area (Å²) in [6, 6.07) is 14.6. The molecule has 8 heteroatoms. The molecule has 5 rings (SSSR count). The van der Waals surface area contributed by atoms with Gasteiger partial charge in [0.1, 0.15) is 18.7 Å². The van der Waals surface area contributed by atoms with Gasteiger partial charge >= 0.3 is 12.1 Å². The summed E-state index contributed by atoms with van der Waals surface area (Å²) in [6.45, 7) is 0.168. The summed E-state index contributed by atoms with van der Waals surface area (Å²) in [4.78, 5) is 38.8. The van der Waals surface area contributed by atoms with Crippen molar-refractivity contribution in [2.24, 2.45) is 5.92 Å². The van der Waals surface area contributed by atoms with Crippen molar-refractivity contribution in [3.8, 4) is 11.1 Å². The van der Waals surface area contributed by atoms with Crippen molar-refractivity contribution in [2.45, 2.75) is 37.3 Å². The Morgan fingerprint density at radius 3 is 2.30 bits per heavy atom. The lowest BCUT2D eigenvalue weighted by Gasteiger charge is -2.26. The maximum absolute atomic E-state index is 13.1. The van der Waals surface area contributed by atoms with Gasteiger partial charge in [-0.25, -0.2) is 9.59 Å². The number of thioether (sulfide) groups is 1. The van der Waals surface area contributed by atoms with E-state index in [2.05, 4.69) is 29.6 Å². The van der Waals surface area contributed by atoms with Gasteiger partial charge in [-0.1, -0.05) is 61.4 Å². The van der Waals surface area contributed by atoms with Crippen LogP contribution in [0.1, 0.15) is 36.3 Å². The number of aliphatic carboxylic acids is 1. The number of carbonyl (C=O) groups is 3. The van der Waals surface area contributed by atoms with E-state index in [-0.39, 0.29) is 18.4 Å². The highest BCUT2D eigenvalue weighted by Gasteiger charge is 2.40. The second kappa shape index (κ2) is 9.09. The number of hydrogen-bond donors (Lipinski definition) is 2. The largest absolute Gasteiger partial charge is 0.480 e. The van der Waals surface area contributed by atoms with Gasteiger partial charge in [-0.3, -0.25) is 4.79 Å². The minimum atomic E-state index is -1.01. The second-order valence-electron chi connectivity index (χ2n) is 8.86. The third-order valence-corrected chi connectivity index (χ3v) is 7.66. The maximum Gasteiger partial charge on any atom is 0.407 e. The fourth-order valence-electron chi connectivity index (χ4n) is 4.76. The first-order chi connectivity index (χ1) is 16.0. The number of ether oxygens (including phenoxy) is 1. The molecule has 2 unspecified atom stereocenters. The zero-order valence-electron chi connectivity index (χ0n) is 18.1. The highest BCUT2D eigenvalue weighted by Crippen LogP contribution is 2.44. The molecule has 1 aliphatic heterocycles. The van der Waals surface area contributed by atoms with Gasteiger partial charge in [-0.2, -0.15) is 0 Å². The quantitative estimate of drug-likeness (QED) is 0.646. The molecule has 2 aromatic carbocycles. The number of carboxylic acids is 1. The van der Waals surface area contributed by atoms with Gasteiger partial charge in [-0.05, 0) is 34.6 Å². The molecule has 172 valence electrons. The van der Waals surface area contributed by atoms with Crippen LogP contribution in [0.3, 0.4) is 0 Å². The highest BCUT2D eigenvalue weighted by atomic mass is 32.2. The van der Waals surface area contributed by atoms with E-state index in [9.17, 15) is 19.5 Å². The summed E-state index contributed by atoms with van der Waals surface area (Å²) in [5.74, 6) is -0.350. The number of benzene rings is 2. The topological polar surface area (TPSA) is 95.9 Å². The lowest BCUT2D eigenvalue weighted by Crippen LogP contribution is -2.52. The molecule has 0 spiro atoms. The number of nitrogens with zero attached hydrogens (tertiary/aromatic N) is 1. The molecule has 2 fully saturated rings. The number of fused-ring (bicyclic) bond motifs is 3. The van der Waals surface area contributed by atoms with Crippen LogP contribution in [0.4, 0.5) is 4.79 Å². The minimum Gasteiger partial charge on any atom is -0.480 e. The number of rotatable bonds is 7. The number of nitrogens with one attached hydrogen (secondary N) is 1. The molecular formula is C25H26N2O5S. The summed E-state index contributed by atoms with van der Waals surface area (Å²) in [5.41, 5.74) is 4.54. The van der Waals surface area contributed by atoms with E-state index >= 15 is 0 Å². The summed E-state index contributed by atoms with van der Waals surface area (Å²) < 4.78 is 5.62. The Balaban J connectivity index is 1.26. The second-order valence-corrected chi connectivity index (χ2v) is 9.86. The summed E-state index contributed by atoms with van der Waals surface area (Å²) in [6.07, 6.45) is 1.91. The molecule has 2 aliphatic carbocycles. The van der Waals surface area contributed by atoms with Crippen molar-refractivity contribution in [1.82, 2.24) is 10.2 Å². The van der Waals surface area contributed by atoms with E-state index in [0.717, 1.165) is 35.1 Å². The zero-order chi connectivity index (χ0) is 22.9.